The first-order valence-corrected chi connectivity index (χ1v) is 8.13. The third-order valence-corrected chi connectivity index (χ3v) is 4.02. The van der Waals surface area contributed by atoms with E-state index in [0.717, 1.165) is 0 Å². The van der Waals surface area contributed by atoms with E-state index in [0.29, 0.717) is 11.4 Å². The molecule has 0 saturated carbocycles. The van der Waals surface area contributed by atoms with E-state index in [1.54, 1.807) is 24.3 Å². The Morgan fingerprint density at radius 3 is 2.74 bits per heavy atom. The van der Waals surface area contributed by atoms with Crippen LogP contribution in [0.5, 0.6) is 17.2 Å². The van der Waals surface area contributed by atoms with Crippen LogP contribution in [0.3, 0.4) is 0 Å². The molecule has 0 radical (unpaired) electrons. The zero-order valence-electron chi connectivity index (χ0n) is 13.9. The van der Waals surface area contributed by atoms with Crippen molar-refractivity contribution in [2.75, 3.05) is 23.4 Å². The molecule has 1 N–H and O–H groups in total. The van der Waals surface area contributed by atoms with Crippen LogP contribution < -0.4 is 24.4 Å². The second-order valence-electron chi connectivity index (χ2n) is 5.92. The number of carbonyl (C=O) groups excluding carboxylic acids is 2. The van der Waals surface area contributed by atoms with Gasteiger partial charge in [-0.05, 0) is 24.3 Å². The van der Waals surface area contributed by atoms with E-state index in [1.165, 1.54) is 23.1 Å². The van der Waals surface area contributed by atoms with E-state index < -0.39 is 12.2 Å². The highest BCUT2D eigenvalue weighted by molar-refractivity contribution is 6.03. The lowest BCUT2D eigenvalue weighted by Crippen LogP contribution is -2.37. The Bertz CT molecular complexity index is 918. The highest BCUT2D eigenvalue weighted by Crippen LogP contribution is 2.42. The number of nitrogens with zero attached hydrogens (tertiary/aromatic N) is 1. The maximum atomic E-state index is 13.1. The average Bonchev–Trinajstić information content (AvgIpc) is 2.84. The third kappa shape index (κ3) is 3.48. The van der Waals surface area contributed by atoms with E-state index in [2.05, 4.69) is 14.8 Å². The summed E-state index contributed by atoms with van der Waals surface area (Å²) in [6.45, 7) is -0.0197. The molecule has 4 rings (SSSR count). The number of para-hydroxylation sites is 2. The quantitative estimate of drug-likeness (QED) is 0.891. The van der Waals surface area contributed by atoms with Gasteiger partial charge < -0.3 is 19.5 Å². The number of hydrogen-bond acceptors (Lipinski definition) is 5. The van der Waals surface area contributed by atoms with Crippen LogP contribution in [0.25, 0.3) is 0 Å². The summed E-state index contributed by atoms with van der Waals surface area (Å²) in [5.74, 6) is -0.526. The smallest absolute Gasteiger partial charge is 0.491 e. The summed E-state index contributed by atoms with van der Waals surface area (Å²) in [6.07, 6.45) is -3.59. The van der Waals surface area contributed by atoms with E-state index in [9.17, 15) is 18.4 Å². The predicted molar refractivity (Wildman–Crippen MR) is 90.2 cm³/mol. The summed E-state index contributed by atoms with van der Waals surface area (Å²) in [7, 11) is 0. The first kappa shape index (κ1) is 17.1. The molecule has 2 amide bonds. The molecule has 27 heavy (non-hydrogen) atoms. The number of rotatable bonds is 3. The van der Waals surface area contributed by atoms with E-state index in [-0.39, 0.29) is 42.7 Å². The molecule has 0 aromatic heterocycles. The molecule has 2 aromatic rings. The van der Waals surface area contributed by atoms with Crippen molar-refractivity contribution in [3.05, 3.63) is 42.5 Å². The molecule has 0 aliphatic carbocycles. The van der Waals surface area contributed by atoms with E-state index >= 15 is 0 Å². The summed E-state index contributed by atoms with van der Waals surface area (Å²) < 4.78 is 40.3. The van der Waals surface area contributed by atoms with E-state index in [4.69, 9.17) is 4.74 Å². The number of benzene rings is 2. The van der Waals surface area contributed by atoms with Crippen molar-refractivity contribution in [3.8, 4) is 17.2 Å². The lowest BCUT2D eigenvalue weighted by molar-refractivity contribution is -0.286. The first-order chi connectivity index (χ1) is 12.9. The number of alkyl halides is 2. The summed E-state index contributed by atoms with van der Waals surface area (Å²) in [4.78, 5) is 26.1. The zero-order chi connectivity index (χ0) is 19.0. The third-order valence-electron chi connectivity index (χ3n) is 4.02. The molecule has 9 heteroatoms. The van der Waals surface area contributed by atoms with Crippen molar-refractivity contribution in [1.82, 2.24) is 0 Å². The van der Waals surface area contributed by atoms with E-state index in [1.807, 2.05) is 0 Å². The first-order valence-electron chi connectivity index (χ1n) is 8.13. The van der Waals surface area contributed by atoms with Gasteiger partial charge in [-0.25, -0.2) is 0 Å². The highest BCUT2D eigenvalue weighted by Gasteiger charge is 2.43. The number of nitrogens with one attached hydrogen (secondary N) is 1. The molecule has 0 unspecified atom stereocenters. The van der Waals surface area contributed by atoms with Crippen LogP contribution in [0.4, 0.5) is 20.2 Å². The molecule has 2 aliphatic heterocycles. The maximum Gasteiger partial charge on any atom is 0.586 e. The average molecular weight is 376 g/mol. The Hall–Kier alpha value is -3.36. The maximum absolute atomic E-state index is 13.1. The Morgan fingerprint density at radius 1 is 1.11 bits per heavy atom. The van der Waals surface area contributed by atoms with Crippen molar-refractivity contribution < 1.29 is 32.6 Å². The summed E-state index contributed by atoms with van der Waals surface area (Å²) >= 11 is 0. The van der Waals surface area contributed by atoms with Crippen LogP contribution in [0.2, 0.25) is 0 Å². The van der Waals surface area contributed by atoms with Crippen molar-refractivity contribution >= 4 is 23.2 Å². The molecule has 2 heterocycles. The number of amides is 2. The van der Waals surface area contributed by atoms with Gasteiger partial charge in [0.2, 0.25) is 11.8 Å². The standard InChI is InChI=1S/C18H14F2N2O5/c19-18(20)26-14-6-5-11(9-15(14)27-18)21-16(23)10-22-12-3-1-2-4-13(12)25-8-7-17(22)24/h1-6,9H,7-8,10H2,(H,21,23). The molecule has 0 fully saturated rings. The second-order valence-corrected chi connectivity index (χ2v) is 5.92. The zero-order valence-corrected chi connectivity index (χ0v) is 13.9. The largest absolute Gasteiger partial charge is 0.586 e. The monoisotopic (exact) mass is 376 g/mol. The number of anilines is 2. The highest BCUT2D eigenvalue weighted by atomic mass is 19.3. The van der Waals surface area contributed by atoms with Gasteiger partial charge in [0.1, 0.15) is 12.3 Å². The Labute approximate surface area is 152 Å². The lowest BCUT2D eigenvalue weighted by Gasteiger charge is -2.21. The molecule has 0 bridgehead atoms. The van der Waals surface area contributed by atoms with Crippen LogP contribution >= 0.6 is 0 Å². The predicted octanol–water partition coefficient (Wildman–Crippen LogP) is 2.76. The van der Waals surface area contributed by atoms with Crippen molar-refractivity contribution in [3.63, 3.8) is 0 Å². The van der Waals surface area contributed by atoms with Gasteiger partial charge in [-0.3, -0.25) is 14.5 Å². The van der Waals surface area contributed by atoms with Crippen LogP contribution in [0.1, 0.15) is 6.42 Å². The molecule has 0 saturated heterocycles. The van der Waals surface area contributed by atoms with Gasteiger partial charge >= 0.3 is 6.29 Å². The molecular formula is C18H14F2N2O5. The number of halogens is 2. The number of hydrogen-bond donors (Lipinski definition) is 1. The molecule has 0 atom stereocenters. The fourth-order valence-electron chi connectivity index (χ4n) is 2.86. The van der Waals surface area contributed by atoms with Crippen LogP contribution in [0.15, 0.2) is 42.5 Å². The minimum atomic E-state index is -3.73. The minimum absolute atomic E-state index is 0.119. The van der Waals surface area contributed by atoms with Crippen LogP contribution in [-0.4, -0.2) is 31.3 Å². The summed E-state index contributed by atoms with van der Waals surface area (Å²) in [5.41, 5.74) is 0.743. The van der Waals surface area contributed by atoms with Crippen LogP contribution in [-0.2, 0) is 9.59 Å². The fraction of sp³-hybridized carbons (Fsp3) is 0.222. The summed E-state index contributed by atoms with van der Waals surface area (Å²) in [6, 6.07) is 10.8. The Morgan fingerprint density at radius 2 is 1.89 bits per heavy atom. The summed E-state index contributed by atoms with van der Waals surface area (Å²) in [5, 5.41) is 2.56. The number of fused-ring (bicyclic) bond motifs is 2. The number of carbonyl (C=O) groups is 2. The van der Waals surface area contributed by atoms with Gasteiger partial charge in [0.05, 0.1) is 18.7 Å². The van der Waals surface area contributed by atoms with Gasteiger partial charge in [0.25, 0.3) is 0 Å². The topological polar surface area (TPSA) is 77.1 Å². The van der Waals surface area contributed by atoms with Gasteiger partial charge in [-0.2, -0.15) is 0 Å². The molecule has 0 spiro atoms. The van der Waals surface area contributed by atoms with Gasteiger partial charge in [0.15, 0.2) is 11.5 Å². The number of ether oxygens (including phenoxy) is 3. The molecule has 2 aliphatic rings. The molecule has 2 aromatic carbocycles. The van der Waals surface area contributed by atoms with Gasteiger partial charge in [-0.15, -0.1) is 8.78 Å². The van der Waals surface area contributed by atoms with Crippen molar-refractivity contribution in [2.24, 2.45) is 0 Å². The van der Waals surface area contributed by atoms with Crippen molar-refractivity contribution in [1.29, 1.82) is 0 Å². The van der Waals surface area contributed by atoms with Crippen molar-refractivity contribution in [2.45, 2.75) is 12.7 Å². The van der Waals surface area contributed by atoms with Crippen LogP contribution in [0, 0.1) is 0 Å². The lowest BCUT2D eigenvalue weighted by atomic mass is 10.2. The van der Waals surface area contributed by atoms with Gasteiger partial charge in [0, 0.05) is 11.8 Å². The SMILES string of the molecule is O=C(CN1C(=O)CCOc2ccccc21)Nc1ccc2c(c1)OC(F)(F)O2. The Balaban J connectivity index is 1.49. The second kappa shape index (κ2) is 6.42. The van der Waals surface area contributed by atoms with Gasteiger partial charge in [-0.1, -0.05) is 12.1 Å². The molecule has 7 nitrogen and oxygen atoms in total. The minimum Gasteiger partial charge on any atom is -0.491 e. The molecular weight excluding hydrogens is 362 g/mol. The normalized spacial score (nSPS) is 17.0. The molecule has 140 valence electrons. The Kier molecular flexibility index (Phi) is 4.06. The fourth-order valence-corrected chi connectivity index (χ4v) is 2.86.